The van der Waals surface area contributed by atoms with Crippen molar-refractivity contribution < 1.29 is 9.59 Å². The number of nitrogens with zero attached hydrogens (tertiary/aromatic N) is 3. The van der Waals surface area contributed by atoms with Gasteiger partial charge in [0.1, 0.15) is 0 Å². The Morgan fingerprint density at radius 3 is 2.75 bits per heavy atom. The van der Waals surface area contributed by atoms with Crippen molar-refractivity contribution in [2.45, 2.75) is 65.0 Å². The second kappa shape index (κ2) is 10.3. The Morgan fingerprint density at radius 1 is 1.22 bits per heavy atom. The molecule has 0 atom stereocenters. The summed E-state index contributed by atoms with van der Waals surface area (Å²) < 4.78 is 2.09. The number of hydrogen-bond donors (Lipinski definition) is 1. The van der Waals surface area contributed by atoms with Gasteiger partial charge in [0.05, 0.1) is 15.9 Å². The number of carbonyl (C=O) groups is 2. The molecule has 4 rings (SSSR count). The third-order valence-electron chi connectivity index (χ3n) is 6.27. The van der Waals surface area contributed by atoms with Crippen molar-refractivity contribution in [3.8, 4) is 0 Å². The fraction of sp³-hybridized carbons (Fsp3) is 0.480. The first-order valence-corrected chi connectivity index (χ1v) is 12.5. The minimum Gasteiger partial charge on any atom is -0.341 e. The third kappa shape index (κ3) is 5.04. The van der Waals surface area contributed by atoms with Gasteiger partial charge in [-0.3, -0.25) is 14.9 Å². The minimum absolute atomic E-state index is 0.133. The number of anilines is 1. The van der Waals surface area contributed by atoms with E-state index in [-0.39, 0.29) is 17.7 Å². The van der Waals surface area contributed by atoms with Crippen LogP contribution in [-0.2, 0) is 17.9 Å². The number of amides is 2. The van der Waals surface area contributed by atoms with Gasteiger partial charge < -0.3 is 9.47 Å². The van der Waals surface area contributed by atoms with E-state index in [2.05, 4.69) is 28.9 Å². The fourth-order valence-corrected chi connectivity index (χ4v) is 5.11. The van der Waals surface area contributed by atoms with Gasteiger partial charge in [0.2, 0.25) is 11.9 Å². The van der Waals surface area contributed by atoms with Gasteiger partial charge in [0, 0.05) is 26.1 Å². The lowest BCUT2D eigenvalue weighted by Crippen LogP contribution is -2.33. The van der Waals surface area contributed by atoms with E-state index in [0.29, 0.717) is 17.4 Å². The highest BCUT2D eigenvalue weighted by Gasteiger charge is 2.24. The van der Waals surface area contributed by atoms with Gasteiger partial charge in [0.15, 0.2) is 0 Å². The maximum atomic E-state index is 12.8. The van der Waals surface area contributed by atoms with E-state index in [9.17, 15) is 9.59 Å². The number of thiophene rings is 1. The van der Waals surface area contributed by atoms with Crippen molar-refractivity contribution in [3.05, 3.63) is 46.2 Å². The van der Waals surface area contributed by atoms with E-state index in [0.717, 1.165) is 61.7 Å². The maximum Gasteiger partial charge on any atom is 0.268 e. The van der Waals surface area contributed by atoms with Crippen LogP contribution in [0.3, 0.4) is 0 Å². The molecule has 0 bridgehead atoms. The molecule has 1 saturated carbocycles. The molecule has 0 unspecified atom stereocenters. The molecule has 7 heteroatoms. The molecule has 170 valence electrons. The van der Waals surface area contributed by atoms with Crippen LogP contribution in [0.5, 0.6) is 0 Å². The summed E-state index contributed by atoms with van der Waals surface area (Å²) in [7, 11) is 1.90. The van der Waals surface area contributed by atoms with E-state index in [4.69, 9.17) is 4.98 Å². The molecule has 1 aliphatic carbocycles. The van der Waals surface area contributed by atoms with Crippen LogP contribution >= 0.6 is 11.3 Å². The molecule has 0 saturated heterocycles. The topological polar surface area (TPSA) is 67.2 Å². The lowest BCUT2D eigenvalue weighted by Gasteiger charge is -2.26. The quantitative estimate of drug-likeness (QED) is 0.477. The number of nitrogens with one attached hydrogen (secondary N) is 1. The summed E-state index contributed by atoms with van der Waals surface area (Å²) in [4.78, 5) is 32.7. The highest BCUT2D eigenvalue weighted by Crippen LogP contribution is 2.27. The predicted octanol–water partition coefficient (Wildman–Crippen LogP) is 5.69. The molecule has 32 heavy (non-hydrogen) atoms. The summed E-state index contributed by atoms with van der Waals surface area (Å²) in [6.45, 7) is 3.52. The van der Waals surface area contributed by atoms with Crippen LogP contribution in [-0.4, -0.2) is 33.3 Å². The minimum atomic E-state index is -0.133. The average molecular weight is 453 g/mol. The smallest absolute Gasteiger partial charge is 0.268 e. The number of benzene rings is 1. The summed E-state index contributed by atoms with van der Waals surface area (Å²) >= 11 is 1.42. The molecule has 1 N–H and O–H groups in total. The summed E-state index contributed by atoms with van der Waals surface area (Å²) in [5.41, 5.74) is 2.91. The Kier molecular flexibility index (Phi) is 7.25. The second-order valence-corrected chi connectivity index (χ2v) is 9.67. The number of fused-ring (bicyclic) bond motifs is 1. The monoisotopic (exact) mass is 452 g/mol. The van der Waals surface area contributed by atoms with Crippen molar-refractivity contribution in [1.82, 2.24) is 14.5 Å². The number of rotatable bonds is 8. The zero-order chi connectivity index (χ0) is 22.5. The normalized spacial score (nSPS) is 14.6. The number of hydrogen-bond acceptors (Lipinski definition) is 4. The van der Waals surface area contributed by atoms with E-state index >= 15 is 0 Å². The third-order valence-corrected chi connectivity index (χ3v) is 7.14. The SMILES string of the molecule is CCCCn1c(NC(=O)c2cccs2)nc2cc(CN(C)C(=O)C3CCCCC3)ccc21. The van der Waals surface area contributed by atoms with Crippen LogP contribution < -0.4 is 5.32 Å². The highest BCUT2D eigenvalue weighted by molar-refractivity contribution is 7.12. The predicted molar refractivity (Wildman–Crippen MR) is 130 cm³/mol. The number of aryl methyl sites for hydroxylation is 1. The van der Waals surface area contributed by atoms with E-state index in [1.54, 1.807) is 0 Å². The van der Waals surface area contributed by atoms with Crippen molar-refractivity contribution in [2.75, 3.05) is 12.4 Å². The van der Waals surface area contributed by atoms with Crippen LogP contribution in [0, 0.1) is 5.92 Å². The van der Waals surface area contributed by atoms with Crippen molar-refractivity contribution in [3.63, 3.8) is 0 Å². The van der Waals surface area contributed by atoms with E-state index in [1.165, 1.54) is 17.8 Å². The fourth-order valence-electron chi connectivity index (χ4n) is 4.50. The number of carbonyl (C=O) groups excluding carboxylic acids is 2. The zero-order valence-electron chi connectivity index (χ0n) is 19.0. The first-order valence-electron chi connectivity index (χ1n) is 11.7. The largest absolute Gasteiger partial charge is 0.341 e. The van der Waals surface area contributed by atoms with E-state index < -0.39 is 0 Å². The van der Waals surface area contributed by atoms with Crippen LogP contribution in [0.1, 0.15) is 67.1 Å². The average Bonchev–Trinajstić information content (AvgIpc) is 3.46. The molecule has 3 aromatic rings. The molecule has 6 nitrogen and oxygen atoms in total. The summed E-state index contributed by atoms with van der Waals surface area (Å²) in [6, 6.07) is 9.87. The highest BCUT2D eigenvalue weighted by atomic mass is 32.1. The van der Waals surface area contributed by atoms with Crippen LogP contribution in [0.25, 0.3) is 11.0 Å². The molecular weight excluding hydrogens is 420 g/mol. The Balaban J connectivity index is 1.54. The van der Waals surface area contributed by atoms with Gasteiger partial charge in [0.25, 0.3) is 5.91 Å². The molecular formula is C25H32N4O2S. The Hall–Kier alpha value is -2.67. The molecule has 0 aliphatic heterocycles. The second-order valence-electron chi connectivity index (χ2n) is 8.72. The van der Waals surface area contributed by atoms with E-state index in [1.807, 2.05) is 35.5 Å². The van der Waals surface area contributed by atoms with Gasteiger partial charge >= 0.3 is 0 Å². The summed E-state index contributed by atoms with van der Waals surface area (Å²) in [5.74, 6) is 0.869. The van der Waals surface area contributed by atoms with Gasteiger partial charge in [-0.25, -0.2) is 4.98 Å². The molecule has 2 amide bonds. The molecule has 1 aromatic carbocycles. The first-order chi connectivity index (χ1) is 15.6. The number of aromatic nitrogens is 2. The molecule has 2 aromatic heterocycles. The van der Waals surface area contributed by atoms with Crippen molar-refractivity contribution >= 4 is 40.1 Å². The van der Waals surface area contributed by atoms with Gasteiger partial charge in [-0.2, -0.15) is 0 Å². The Morgan fingerprint density at radius 2 is 2.03 bits per heavy atom. The standard InChI is InChI=1S/C25H32N4O2S/c1-3-4-14-29-21-13-12-18(17-28(2)24(31)19-9-6-5-7-10-19)16-20(21)26-25(29)27-23(30)22-11-8-15-32-22/h8,11-13,15-16,19H,3-7,9-10,14,17H2,1-2H3,(H,26,27,30). The molecule has 1 aliphatic rings. The molecule has 2 heterocycles. The molecule has 0 spiro atoms. The number of unbranched alkanes of at least 4 members (excludes halogenated alkanes) is 1. The van der Waals surface area contributed by atoms with Crippen molar-refractivity contribution in [2.24, 2.45) is 5.92 Å². The molecule has 1 fully saturated rings. The number of imidazole rings is 1. The zero-order valence-corrected chi connectivity index (χ0v) is 19.8. The van der Waals surface area contributed by atoms with Gasteiger partial charge in [-0.1, -0.05) is 44.7 Å². The Labute approximate surface area is 193 Å². The maximum absolute atomic E-state index is 12.8. The van der Waals surface area contributed by atoms with Crippen molar-refractivity contribution in [1.29, 1.82) is 0 Å². The van der Waals surface area contributed by atoms with Crippen LogP contribution in [0.15, 0.2) is 35.7 Å². The van der Waals surface area contributed by atoms with Crippen LogP contribution in [0.4, 0.5) is 5.95 Å². The van der Waals surface area contributed by atoms with Crippen LogP contribution in [0.2, 0.25) is 0 Å². The molecule has 0 radical (unpaired) electrons. The first kappa shape index (κ1) is 22.5. The van der Waals surface area contributed by atoms with Gasteiger partial charge in [-0.05, 0) is 48.4 Å². The summed E-state index contributed by atoms with van der Waals surface area (Å²) in [6.07, 6.45) is 7.65. The summed E-state index contributed by atoms with van der Waals surface area (Å²) in [5, 5.41) is 4.89. The Bertz CT molecular complexity index is 1070. The van der Waals surface area contributed by atoms with Gasteiger partial charge in [-0.15, -0.1) is 11.3 Å². The lowest BCUT2D eigenvalue weighted by molar-refractivity contribution is -0.135. The lowest BCUT2D eigenvalue weighted by atomic mass is 9.88.